The maximum Gasteiger partial charge on any atom is 0.502 e. The molecule has 1 unspecified atom stereocenters. The molecule has 3 amide bonds. The Kier molecular flexibility index (Phi) is 5.36. The van der Waals surface area contributed by atoms with Gasteiger partial charge in [0.1, 0.15) is 5.82 Å². The smallest absolute Gasteiger partial charge is 0.326 e. The SMILES string of the molecule is O=C(C[N+]1=NC2N(CCN2c2ccc(F)cc2)C(=O)C1=O)Nc1ccccc1C(F)(F)F. The Labute approximate surface area is 178 Å². The maximum atomic E-state index is 13.2. The van der Waals surface area contributed by atoms with Crippen LogP contribution in [-0.2, 0) is 20.6 Å². The zero-order valence-electron chi connectivity index (χ0n) is 16.3. The van der Waals surface area contributed by atoms with E-state index in [4.69, 9.17) is 0 Å². The number of para-hydroxylation sites is 1. The summed E-state index contributed by atoms with van der Waals surface area (Å²) in [6.07, 6.45) is -5.63. The molecule has 4 rings (SSSR count). The average Bonchev–Trinajstić information content (AvgIpc) is 3.16. The van der Waals surface area contributed by atoms with Gasteiger partial charge in [0, 0.05) is 23.9 Å². The maximum absolute atomic E-state index is 13.2. The van der Waals surface area contributed by atoms with Crippen LogP contribution in [0.25, 0.3) is 0 Å². The monoisotopic (exact) mass is 450 g/mol. The van der Waals surface area contributed by atoms with Gasteiger partial charge >= 0.3 is 18.0 Å². The first-order valence-electron chi connectivity index (χ1n) is 9.46. The molecule has 1 atom stereocenters. The minimum atomic E-state index is -4.69. The molecule has 2 aliphatic heterocycles. The number of nitrogens with one attached hydrogen (secondary N) is 1. The van der Waals surface area contributed by atoms with Gasteiger partial charge in [0.2, 0.25) is 0 Å². The third kappa shape index (κ3) is 4.03. The van der Waals surface area contributed by atoms with E-state index < -0.39 is 53.8 Å². The minimum Gasteiger partial charge on any atom is -0.326 e. The molecule has 0 radical (unpaired) electrons. The Morgan fingerprint density at radius 3 is 2.41 bits per heavy atom. The van der Waals surface area contributed by atoms with Crippen LogP contribution in [0.5, 0.6) is 0 Å². The van der Waals surface area contributed by atoms with E-state index in [1.807, 2.05) is 0 Å². The molecule has 2 aromatic rings. The normalized spacial score (nSPS) is 18.5. The van der Waals surface area contributed by atoms with Crippen LogP contribution in [0.2, 0.25) is 0 Å². The van der Waals surface area contributed by atoms with E-state index in [0.717, 1.165) is 12.1 Å². The zero-order valence-corrected chi connectivity index (χ0v) is 16.3. The number of halogens is 4. The molecule has 12 heteroatoms. The topological polar surface area (TPSA) is 85.1 Å². The third-order valence-corrected chi connectivity index (χ3v) is 5.02. The van der Waals surface area contributed by atoms with Gasteiger partial charge in [-0.1, -0.05) is 12.1 Å². The van der Waals surface area contributed by atoms with Crippen molar-refractivity contribution >= 4 is 29.1 Å². The van der Waals surface area contributed by atoms with Gasteiger partial charge in [-0.25, -0.2) is 9.18 Å². The van der Waals surface area contributed by atoms with E-state index in [1.54, 1.807) is 4.90 Å². The van der Waals surface area contributed by atoms with Gasteiger partial charge < -0.3 is 10.2 Å². The average molecular weight is 450 g/mol. The van der Waals surface area contributed by atoms with Crippen molar-refractivity contribution in [2.45, 2.75) is 12.5 Å². The zero-order chi connectivity index (χ0) is 23.0. The lowest BCUT2D eigenvalue weighted by atomic mass is 10.1. The second-order valence-electron chi connectivity index (χ2n) is 7.08. The number of hydrogen-bond donors (Lipinski definition) is 1. The molecule has 1 saturated heterocycles. The van der Waals surface area contributed by atoms with E-state index in [2.05, 4.69) is 10.4 Å². The molecule has 0 aliphatic carbocycles. The van der Waals surface area contributed by atoms with Gasteiger partial charge in [-0.05, 0) is 41.1 Å². The molecule has 8 nitrogen and oxygen atoms in total. The summed E-state index contributed by atoms with van der Waals surface area (Å²) < 4.78 is 53.3. The van der Waals surface area contributed by atoms with Crippen molar-refractivity contribution in [3.63, 3.8) is 0 Å². The first-order valence-corrected chi connectivity index (χ1v) is 9.46. The summed E-state index contributed by atoms with van der Waals surface area (Å²) in [5, 5.41) is 6.26. The van der Waals surface area contributed by atoms with Gasteiger partial charge in [0.15, 0.2) is 0 Å². The van der Waals surface area contributed by atoms with Gasteiger partial charge in [-0.3, -0.25) is 14.5 Å². The molecular formula is C20H16F4N5O3+. The van der Waals surface area contributed by atoms with E-state index in [0.29, 0.717) is 16.9 Å². The quantitative estimate of drug-likeness (QED) is 0.441. The number of anilines is 2. The van der Waals surface area contributed by atoms with Crippen LogP contribution in [0.3, 0.4) is 0 Å². The van der Waals surface area contributed by atoms with Crippen molar-refractivity contribution in [2.24, 2.45) is 5.11 Å². The molecule has 0 spiro atoms. The lowest BCUT2D eigenvalue weighted by Crippen LogP contribution is -2.52. The van der Waals surface area contributed by atoms with Crippen LogP contribution in [0.15, 0.2) is 53.6 Å². The number of carbonyl (C=O) groups excluding carboxylic acids is 3. The third-order valence-electron chi connectivity index (χ3n) is 5.02. The van der Waals surface area contributed by atoms with Crippen LogP contribution in [0.4, 0.5) is 28.9 Å². The summed E-state index contributed by atoms with van der Waals surface area (Å²) >= 11 is 0. The summed E-state index contributed by atoms with van der Waals surface area (Å²) in [5.74, 6) is -3.36. The standard InChI is InChI=1S/C20H15F4N5O3/c21-12-5-7-13(8-6-12)27-9-10-28-17(31)18(32)29(26-19(27)28)11-16(30)25-15-4-2-1-3-14(15)20(22,23)24/h1-8,19H,9-11H2/p+1. The molecule has 2 aliphatic rings. The van der Waals surface area contributed by atoms with E-state index in [-0.39, 0.29) is 6.54 Å². The van der Waals surface area contributed by atoms with Crippen LogP contribution in [0, 0.1) is 5.82 Å². The Morgan fingerprint density at radius 1 is 1.06 bits per heavy atom. The number of rotatable bonds is 4. The number of nitrogens with zero attached hydrogens (tertiary/aromatic N) is 4. The van der Waals surface area contributed by atoms with Crippen molar-refractivity contribution < 1.29 is 36.6 Å². The second-order valence-corrected chi connectivity index (χ2v) is 7.08. The van der Waals surface area contributed by atoms with Crippen LogP contribution >= 0.6 is 0 Å². The first-order chi connectivity index (χ1) is 15.1. The molecule has 32 heavy (non-hydrogen) atoms. The molecule has 2 aromatic carbocycles. The highest BCUT2D eigenvalue weighted by Crippen LogP contribution is 2.34. The van der Waals surface area contributed by atoms with Crippen molar-refractivity contribution in [1.82, 2.24) is 4.90 Å². The van der Waals surface area contributed by atoms with E-state index >= 15 is 0 Å². The van der Waals surface area contributed by atoms with Crippen LogP contribution in [-0.4, -0.2) is 53.2 Å². The van der Waals surface area contributed by atoms with Gasteiger partial charge in [0.05, 0.1) is 11.3 Å². The first kappa shape index (κ1) is 21.4. The van der Waals surface area contributed by atoms with Gasteiger partial charge in [-0.15, -0.1) is 0 Å². The number of benzene rings is 2. The predicted octanol–water partition coefficient (Wildman–Crippen LogP) is 2.42. The van der Waals surface area contributed by atoms with E-state index in [9.17, 15) is 31.9 Å². The summed E-state index contributed by atoms with van der Waals surface area (Å²) in [5.41, 5.74) is -0.972. The highest BCUT2D eigenvalue weighted by atomic mass is 19.4. The minimum absolute atomic E-state index is 0.190. The summed E-state index contributed by atoms with van der Waals surface area (Å²) in [6.45, 7) is -0.245. The number of alkyl halides is 3. The number of amides is 3. The fraction of sp³-hybridized carbons (Fsp3) is 0.250. The van der Waals surface area contributed by atoms with Crippen LogP contribution < -0.4 is 10.2 Å². The molecule has 0 bridgehead atoms. The Hall–Kier alpha value is -3.83. The summed E-state index contributed by atoms with van der Waals surface area (Å²) in [7, 11) is 0. The number of hydrogen-bond acceptors (Lipinski definition) is 5. The molecule has 166 valence electrons. The summed E-state index contributed by atoms with van der Waals surface area (Å²) in [4.78, 5) is 40.1. The van der Waals surface area contributed by atoms with Crippen LogP contribution in [0.1, 0.15) is 5.56 Å². The lowest BCUT2D eigenvalue weighted by Gasteiger charge is -2.26. The predicted molar refractivity (Wildman–Crippen MR) is 102 cm³/mol. The molecule has 1 N–H and O–H groups in total. The van der Waals surface area contributed by atoms with E-state index in [1.165, 1.54) is 41.3 Å². The Morgan fingerprint density at radius 2 is 1.72 bits per heavy atom. The number of carbonyl (C=O) groups is 3. The number of azo groups is 2. The number of fused-ring (bicyclic) bond motifs is 1. The fourth-order valence-electron chi connectivity index (χ4n) is 3.53. The largest absolute Gasteiger partial charge is 0.502 e. The van der Waals surface area contributed by atoms with Gasteiger partial charge in [0.25, 0.3) is 18.7 Å². The van der Waals surface area contributed by atoms with Crippen molar-refractivity contribution in [3.05, 3.63) is 59.9 Å². The van der Waals surface area contributed by atoms with Gasteiger partial charge in [-0.2, -0.15) is 13.2 Å². The lowest BCUT2D eigenvalue weighted by molar-refractivity contribution is -0.509. The molecular weight excluding hydrogens is 434 g/mol. The second kappa shape index (κ2) is 8.02. The fourth-order valence-corrected chi connectivity index (χ4v) is 3.53. The van der Waals surface area contributed by atoms with Crippen molar-refractivity contribution in [1.29, 1.82) is 0 Å². The highest BCUT2D eigenvalue weighted by Gasteiger charge is 2.49. The Bertz CT molecular complexity index is 1120. The molecule has 2 heterocycles. The highest BCUT2D eigenvalue weighted by molar-refractivity contribution is 6.32. The molecule has 0 aromatic heterocycles. The Balaban J connectivity index is 1.56. The van der Waals surface area contributed by atoms with Crippen molar-refractivity contribution in [3.8, 4) is 0 Å². The van der Waals surface area contributed by atoms with Crippen molar-refractivity contribution in [2.75, 3.05) is 29.9 Å². The molecule has 1 fully saturated rings. The summed E-state index contributed by atoms with van der Waals surface area (Å²) in [6, 6.07) is 9.83. The molecule has 0 saturated carbocycles.